The van der Waals surface area contributed by atoms with E-state index in [1.54, 1.807) is 12.1 Å². The van der Waals surface area contributed by atoms with Gasteiger partial charge in [-0.25, -0.2) is 9.69 Å². The van der Waals surface area contributed by atoms with Gasteiger partial charge in [0.2, 0.25) is 0 Å². The van der Waals surface area contributed by atoms with Gasteiger partial charge in [-0.3, -0.25) is 0 Å². The number of fused-ring (bicyclic) bond motifs is 5. The van der Waals surface area contributed by atoms with Crippen molar-refractivity contribution in [2.75, 3.05) is 38.0 Å². The Labute approximate surface area is 244 Å². The molecule has 0 fully saturated rings. The van der Waals surface area contributed by atoms with Crippen LogP contribution < -0.4 is 15.0 Å². The molecule has 0 radical (unpaired) electrons. The zero-order valence-corrected chi connectivity index (χ0v) is 24.5. The minimum absolute atomic E-state index is 0.152. The van der Waals surface area contributed by atoms with Crippen LogP contribution in [-0.2, 0) is 28.9 Å². The van der Waals surface area contributed by atoms with E-state index in [9.17, 15) is 9.90 Å². The number of esters is 1. The molecule has 0 amide bonds. The van der Waals surface area contributed by atoms with E-state index in [0.717, 1.165) is 35.5 Å². The highest BCUT2D eigenvalue weighted by Gasteiger charge is 2.36. The van der Waals surface area contributed by atoms with Gasteiger partial charge in [-0.2, -0.15) is 0 Å². The molecule has 1 aliphatic carbocycles. The third-order valence-electron chi connectivity index (χ3n) is 7.98. The molecule has 2 unspecified atom stereocenters. The van der Waals surface area contributed by atoms with Crippen molar-refractivity contribution < 1.29 is 19.4 Å². The van der Waals surface area contributed by atoms with Crippen molar-refractivity contribution in [1.82, 2.24) is 9.47 Å². The van der Waals surface area contributed by atoms with Crippen LogP contribution in [0.25, 0.3) is 5.00 Å². The first-order chi connectivity index (χ1) is 19.9. The number of benzene rings is 2. The van der Waals surface area contributed by atoms with Gasteiger partial charge in [0.1, 0.15) is 10.8 Å². The Morgan fingerprint density at radius 1 is 1.07 bits per heavy atom. The maximum Gasteiger partial charge on any atom is 0.343 e. The number of aliphatic hydroxyl groups excluding tert-OH is 1. The molecule has 0 saturated heterocycles. The van der Waals surface area contributed by atoms with E-state index in [1.807, 2.05) is 37.6 Å². The number of nitrogens with one attached hydrogen (secondary N) is 1. The molecule has 0 saturated carbocycles. The normalized spacial score (nSPS) is 17.0. The number of hydrogen-bond acceptors (Lipinski definition) is 8. The molecular formula is C32H36N4O4S. The van der Waals surface area contributed by atoms with Crippen LogP contribution in [0.15, 0.2) is 66.9 Å². The van der Waals surface area contributed by atoms with Gasteiger partial charge in [0.15, 0.2) is 13.0 Å². The molecule has 214 valence electrons. The van der Waals surface area contributed by atoms with Crippen molar-refractivity contribution in [3.63, 3.8) is 0 Å². The SMILES string of the molecule is COC(=O)COc1ccc(NC(O)N2Cc3c(sc4c3CCCC4)-n3cccc3C2c2ccc(N(C)C)cc2)cc1. The molecule has 8 nitrogen and oxygen atoms in total. The first-order valence-electron chi connectivity index (χ1n) is 14.0. The van der Waals surface area contributed by atoms with Gasteiger partial charge < -0.3 is 29.4 Å². The molecule has 3 heterocycles. The summed E-state index contributed by atoms with van der Waals surface area (Å²) in [6.45, 7) is 0.471. The highest BCUT2D eigenvalue weighted by atomic mass is 32.1. The lowest BCUT2D eigenvalue weighted by Crippen LogP contribution is -2.43. The minimum Gasteiger partial charge on any atom is -0.482 e. The number of anilines is 2. The van der Waals surface area contributed by atoms with Gasteiger partial charge in [-0.05, 0) is 85.3 Å². The number of thiophene rings is 1. The van der Waals surface area contributed by atoms with E-state index in [2.05, 4.69) is 67.0 Å². The molecule has 6 rings (SSSR count). The number of methoxy groups -OCH3 is 1. The first-order valence-corrected chi connectivity index (χ1v) is 14.8. The summed E-state index contributed by atoms with van der Waals surface area (Å²) >= 11 is 1.91. The van der Waals surface area contributed by atoms with Crippen LogP contribution in [0.5, 0.6) is 5.75 Å². The number of rotatable bonds is 8. The summed E-state index contributed by atoms with van der Waals surface area (Å²) in [6, 6.07) is 19.9. The second-order valence-corrected chi connectivity index (χ2v) is 11.8. The summed E-state index contributed by atoms with van der Waals surface area (Å²) in [4.78, 5) is 17.2. The standard InChI is InChI=1S/C32H36N4O4S/c1-34(2)23-14-10-21(11-15-23)30-27-8-6-18-35(27)31-26(25-7-4-5-9-28(25)41-31)19-36(30)32(38)33-22-12-16-24(17-13-22)40-20-29(37)39-3/h6,8,10-18,30,32-33,38H,4-5,7,9,19-20H2,1-3H3. The second kappa shape index (κ2) is 11.6. The Morgan fingerprint density at radius 2 is 1.83 bits per heavy atom. The van der Waals surface area contributed by atoms with E-state index < -0.39 is 12.3 Å². The molecule has 2 aromatic carbocycles. The average Bonchev–Trinajstić information content (AvgIpc) is 3.58. The molecule has 4 aromatic rings. The van der Waals surface area contributed by atoms with Crippen LogP contribution in [0.2, 0.25) is 0 Å². The van der Waals surface area contributed by atoms with E-state index in [4.69, 9.17) is 4.74 Å². The first kappa shape index (κ1) is 27.4. The Hall–Kier alpha value is -3.79. The molecule has 2 atom stereocenters. The predicted molar refractivity (Wildman–Crippen MR) is 162 cm³/mol. The average molecular weight is 573 g/mol. The molecule has 41 heavy (non-hydrogen) atoms. The fraction of sp³-hybridized carbons (Fsp3) is 0.344. The monoisotopic (exact) mass is 572 g/mol. The number of aliphatic hydroxyl groups is 1. The predicted octanol–water partition coefficient (Wildman–Crippen LogP) is 5.33. The summed E-state index contributed by atoms with van der Waals surface area (Å²) in [5.74, 6) is 0.115. The number of ether oxygens (including phenoxy) is 2. The van der Waals surface area contributed by atoms with Crippen molar-refractivity contribution in [3.05, 3.63) is 94.1 Å². The van der Waals surface area contributed by atoms with Gasteiger partial charge in [0.25, 0.3) is 0 Å². The van der Waals surface area contributed by atoms with Gasteiger partial charge in [0.05, 0.1) is 13.2 Å². The van der Waals surface area contributed by atoms with Gasteiger partial charge in [-0.15, -0.1) is 11.3 Å². The molecule has 9 heteroatoms. The summed E-state index contributed by atoms with van der Waals surface area (Å²) in [5, 5.41) is 16.4. The zero-order valence-electron chi connectivity index (χ0n) is 23.7. The van der Waals surface area contributed by atoms with Gasteiger partial charge in [0, 0.05) is 54.3 Å². The molecule has 2 aliphatic rings. The van der Waals surface area contributed by atoms with Crippen molar-refractivity contribution >= 4 is 28.7 Å². The van der Waals surface area contributed by atoms with Crippen LogP contribution in [0, 0.1) is 0 Å². The van der Waals surface area contributed by atoms with Crippen LogP contribution >= 0.6 is 11.3 Å². The molecule has 2 N–H and O–H groups in total. The summed E-state index contributed by atoms with van der Waals surface area (Å²) in [5.41, 5.74) is 6.91. The number of hydrogen-bond donors (Lipinski definition) is 2. The summed E-state index contributed by atoms with van der Waals surface area (Å²) in [6.07, 6.45) is 5.85. The van der Waals surface area contributed by atoms with Crippen LogP contribution in [0.3, 0.4) is 0 Å². The summed E-state index contributed by atoms with van der Waals surface area (Å²) in [7, 11) is 5.41. The van der Waals surface area contributed by atoms with E-state index >= 15 is 0 Å². The topological polar surface area (TPSA) is 79.2 Å². The van der Waals surface area contributed by atoms with E-state index in [-0.39, 0.29) is 12.6 Å². The van der Waals surface area contributed by atoms with Crippen molar-refractivity contribution in [1.29, 1.82) is 0 Å². The highest BCUT2D eigenvalue weighted by molar-refractivity contribution is 7.15. The Bertz CT molecular complexity index is 1510. The summed E-state index contributed by atoms with van der Waals surface area (Å²) < 4.78 is 12.5. The van der Waals surface area contributed by atoms with Crippen LogP contribution in [0.4, 0.5) is 11.4 Å². The Balaban J connectivity index is 1.35. The van der Waals surface area contributed by atoms with Crippen molar-refractivity contribution in [3.8, 4) is 10.8 Å². The lowest BCUT2D eigenvalue weighted by atomic mass is 9.95. The molecule has 1 aliphatic heterocycles. The van der Waals surface area contributed by atoms with E-state index in [0.29, 0.717) is 12.3 Å². The fourth-order valence-electron chi connectivity index (χ4n) is 5.85. The molecule has 0 spiro atoms. The van der Waals surface area contributed by atoms with Crippen molar-refractivity contribution in [2.24, 2.45) is 0 Å². The number of carbonyl (C=O) groups excluding carboxylic acids is 1. The smallest absolute Gasteiger partial charge is 0.343 e. The third kappa shape index (κ3) is 5.45. The Kier molecular flexibility index (Phi) is 7.75. The maximum atomic E-state index is 11.8. The molecule has 0 bridgehead atoms. The minimum atomic E-state index is -0.969. The van der Waals surface area contributed by atoms with E-state index in [1.165, 1.54) is 41.0 Å². The van der Waals surface area contributed by atoms with Gasteiger partial charge in [-0.1, -0.05) is 12.1 Å². The number of nitrogens with zero attached hydrogens (tertiary/aromatic N) is 3. The second-order valence-electron chi connectivity index (χ2n) is 10.8. The van der Waals surface area contributed by atoms with Crippen LogP contribution in [-0.4, -0.2) is 54.7 Å². The fourth-order valence-corrected chi connectivity index (χ4v) is 7.25. The van der Waals surface area contributed by atoms with Crippen molar-refractivity contribution in [2.45, 2.75) is 44.6 Å². The highest BCUT2D eigenvalue weighted by Crippen LogP contribution is 2.44. The Morgan fingerprint density at radius 3 is 2.56 bits per heavy atom. The van der Waals surface area contributed by atoms with Crippen LogP contribution in [0.1, 0.15) is 46.1 Å². The lowest BCUT2D eigenvalue weighted by molar-refractivity contribution is -0.142. The van der Waals surface area contributed by atoms with Gasteiger partial charge >= 0.3 is 5.97 Å². The quantitative estimate of drug-likeness (QED) is 0.218. The maximum absolute atomic E-state index is 11.8. The zero-order chi connectivity index (χ0) is 28.5. The molecular weight excluding hydrogens is 536 g/mol. The lowest BCUT2D eigenvalue weighted by Gasteiger charge is -2.35. The largest absolute Gasteiger partial charge is 0.482 e. The molecule has 2 aromatic heterocycles. The third-order valence-corrected chi connectivity index (χ3v) is 9.32. The number of aryl methyl sites for hydroxylation is 1. The number of carbonyl (C=O) groups is 1. The number of aromatic nitrogens is 1.